The van der Waals surface area contributed by atoms with E-state index in [2.05, 4.69) is 40.2 Å². The zero-order chi connectivity index (χ0) is 49.1. The zero-order valence-corrected chi connectivity index (χ0v) is 41.3. The van der Waals surface area contributed by atoms with Gasteiger partial charge in [0.05, 0.1) is 48.1 Å². The van der Waals surface area contributed by atoms with E-state index < -0.39 is 42.5 Å². The van der Waals surface area contributed by atoms with E-state index in [9.17, 15) is 9.59 Å². The Morgan fingerprint density at radius 2 is 0.972 bits per heavy atom. The summed E-state index contributed by atoms with van der Waals surface area (Å²) in [6.45, 7) is 1.19. The molecule has 2 amide bonds. The van der Waals surface area contributed by atoms with Crippen LogP contribution < -0.4 is 4.74 Å². The molecule has 1 saturated heterocycles. The Bertz CT molecular complexity index is 3070. The van der Waals surface area contributed by atoms with Crippen molar-refractivity contribution in [2.45, 2.75) is 76.5 Å². The zero-order valence-electron chi connectivity index (χ0n) is 39.7. The molecule has 2 aliphatic rings. The minimum atomic E-state index is -0.823. The Kier molecular flexibility index (Phi) is 15.9. The number of rotatable bonds is 21. The van der Waals surface area contributed by atoms with Crippen LogP contribution >= 0.6 is 15.9 Å². The third kappa shape index (κ3) is 11.5. The van der Waals surface area contributed by atoms with Gasteiger partial charge in [0.2, 0.25) is 0 Å². The van der Waals surface area contributed by atoms with Gasteiger partial charge in [0.25, 0.3) is 11.8 Å². The molecule has 72 heavy (non-hydrogen) atoms. The van der Waals surface area contributed by atoms with Crippen molar-refractivity contribution >= 4 is 44.2 Å². The number of fused-ring (bicyclic) bond motifs is 1. The highest BCUT2D eigenvalue weighted by molar-refractivity contribution is 9.12. The van der Waals surface area contributed by atoms with E-state index in [4.69, 9.17) is 28.4 Å². The largest absolute Gasteiger partial charge is 0.489 e. The summed E-state index contributed by atoms with van der Waals surface area (Å²) >= 11 is 3.59. The average Bonchev–Trinajstić information content (AvgIpc) is 3.90. The summed E-state index contributed by atoms with van der Waals surface area (Å²) in [5.74, 6) is -0.398. The standard InChI is InChI=1S/C61H55BrN2O8/c62-55-54(59(65)64(60(55)66)42-67-37-44-21-9-2-10-22-44)51-36-63(52-33-32-49(35-50(51)52)68-38-45-23-11-3-12-24-45)61-58(71-41-48-29-17-6-18-30-48)57(70-40-47-27-15-5-16-28-47)56(69-39-46-25-13-4-14-26-46)53(72-61)34-31-43-19-7-1-8-20-43/h1-30,32-33,35-36,53,56-58,61H,31,34,37-42H2. The molecule has 0 saturated carbocycles. The average molecular weight is 1020 g/mol. The molecule has 10 rings (SSSR count). The molecule has 0 N–H and O–H groups in total. The number of hydrogen-bond donors (Lipinski definition) is 0. The first kappa shape index (κ1) is 48.7. The molecule has 1 fully saturated rings. The van der Waals surface area contributed by atoms with E-state index in [1.165, 1.54) is 5.56 Å². The smallest absolute Gasteiger partial charge is 0.270 e. The lowest BCUT2D eigenvalue weighted by atomic mass is 9.92. The first-order chi connectivity index (χ1) is 35.5. The van der Waals surface area contributed by atoms with Gasteiger partial charge >= 0.3 is 0 Å². The van der Waals surface area contributed by atoms with Crippen molar-refractivity contribution in [3.05, 3.63) is 250 Å². The van der Waals surface area contributed by atoms with Gasteiger partial charge in [-0.15, -0.1) is 0 Å². The van der Waals surface area contributed by atoms with Gasteiger partial charge in [-0.3, -0.25) is 9.59 Å². The Morgan fingerprint density at radius 1 is 0.500 bits per heavy atom. The predicted molar refractivity (Wildman–Crippen MR) is 280 cm³/mol. The van der Waals surface area contributed by atoms with Crippen LogP contribution in [-0.4, -0.2) is 52.4 Å². The van der Waals surface area contributed by atoms with E-state index in [1.54, 1.807) is 0 Å². The first-order valence-electron chi connectivity index (χ1n) is 24.3. The number of amides is 2. The third-order valence-corrected chi connectivity index (χ3v) is 13.8. The molecule has 5 atom stereocenters. The van der Waals surface area contributed by atoms with Crippen molar-refractivity contribution in [1.82, 2.24) is 9.47 Å². The van der Waals surface area contributed by atoms with Crippen LogP contribution in [0.15, 0.2) is 211 Å². The lowest BCUT2D eigenvalue weighted by molar-refractivity contribution is -0.283. The van der Waals surface area contributed by atoms with E-state index in [0.29, 0.717) is 49.4 Å². The Morgan fingerprint density at radius 3 is 1.51 bits per heavy atom. The maximum absolute atomic E-state index is 14.7. The normalized spacial score (nSPS) is 19.1. The molecule has 0 spiro atoms. The summed E-state index contributed by atoms with van der Waals surface area (Å²) in [7, 11) is 0. The minimum absolute atomic E-state index is 0.131. The second kappa shape index (κ2) is 23.5. The van der Waals surface area contributed by atoms with Crippen LogP contribution in [0.5, 0.6) is 5.75 Å². The fourth-order valence-corrected chi connectivity index (χ4v) is 9.97. The highest BCUT2D eigenvalue weighted by atomic mass is 79.9. The second-order valence-electron chi connectivity index (χ2n) is 18.0. The van der Waals surface area contributed by atoms with Crippen LogP contribution in [0.3, 0.4) is 0 Å². The number of benzene rings is 7. The molecule has 5 unspecified atom stereocenters. The van der Waals surface area contributed by atoms with Crippen LogP contribution in [0.25, 0.3) is 16.5 Å². The number of aromatic nitrogens is 1. The molecule has 0 radical (unpaired) electrons. The molecular weight excluding hydrogens is 969 g/mol. The van der Waals surface area contributed by atoms with Gasteiger partial charge in [0.15, 0.2) is 6.23 Å². The summed E-state index contributed by atoms with van der Waals surface area (Å²) in [5, 5.41) is 0.677. The van der Waals surface area contributed by atoms with E-state index >= 15 is 0 Å². The first-order valence-corrected chi connectivity index (χ1v) is 25.1. The van der Waals surface area contributed by atoms with Crippen LogP contribution in [0, 0.1) is 0 Å². The molecule has 10 nitrogen and oxygen atoms in total. The molecule has 0 bridgehead atoms. The van der Waals surface area contributed by atoms with Gasteiger partial charge in [-0.1, -0.05) is 182 Å². The number of imide groups is 1. The van der Waals surface area contributed by atoms with Gasteiger partial charge in [0.1, 0.15) is 37.4 Å². The molecule has 1 aromatic heterocycles. The number of ether oxygens (including phenoxy) is 6. The number of carbonyl (C=O) groups excluding carboxylic acids is 2. The van der Waals surface area contributed by atoms with Crippen LogP contribution in [0.1, 0.15) is 51.6 Å². The number of halogens is 1. The Balaban J connectivity index is 1.08. The summed E-state index contributed by atoms with van der Waals surface area (Å²) in [6, 6.07) is 66.0. The van der Waals surface area contributed by atoms with E-state index in [-0.39, 0.29) is 30.0 Å². The Labute approximate surface area is 428 Å². The SMILES string of the molecule is O=C1C(Br)=C(c2cn(C3OC(CCc4ccccc4)C(OCc4ccccc4)C(OCc4ccccc4)C3OCc3ccccc3)c3ccc(OCc4ccccc4)cc23)C(=O)N1COCc1ccccc1. The Hall–Kier alpha value is -6.96. The van der Waals surface area contributed by atoms with Gasteiger partial charge in [-0.25, -0.2) is 4.90 Å². The maximum Gasteiger partial charge on any atom is 0.270 e. The summed E-state index contributed by atoms with van der Waals surface area (Å²) in [6.07, 6.45) is -0.113. The topological polar surface area (TPSA) is 97.7 Å². The van der Waals surface area contributed by atoms with Crippen molar-refractivity contribution in [2.24, 2.45) is 0 Å². The molecule has 8 aromatic rings. The molecule has 3 heterocycles. The highest BCUT2D eigenvalue weighted by Gasteiger charge is 2.50. The molecule has 7 aromatic carbocycles. The third-order valence-electron chi connectivity index (χ3n) is 13.1. The summed E-state index contributed by atoms with van der Waals surface area (Å²) in [5.41, 5.74) is 7.53. The van der Waals surface area contributed by atoms with Gasteiger partial charge in [-0.2, -0.15) is 0 Å². The highest BCUT2D eigenvalue weighted by Crippen LogP contribution is 2.44. The van der Waals surface area contributed by atoms with Crippen LogP contribution in [0.4, 0.5) is 0 Å². The minimum Gasteiger partial charge on any atom is -0.489 e. The lowest BCUT2D eigenvalue weighted by Gasteiger charge is -2.47. The van der Waals surface area contributed by atoms with Crippen molar-refractivity contribution in [3.63, 3.8) is 0 Å². The second-order valence-corrected chi connectivity index (χ2v) is 18.8. The quantitative estimate of drug-likeness (QED) is 0.0657. The fourth-order valence-electron chi connectivity index (χ4n) is 9.37. The van der Waals surface area contributed by atoms with Gasteiger partial charge < -0.3 is 33.0 Å². The predicted octanol–water partition coefficient (Wildman–Crippen LogP) is 12.2. The van der Waals surface area contributed by atoms with E-state index in [1.807, 2.05) is 187 Å². The number of nitrogens with zero attached hydrogens (tertiary/aromatic N) is 2. The van der Waals surface area contributed by atoms with Crippen molar-refractivity contribution < 1.29 is 38.0 Å². The maximum atomic E-state index is 14.7. The lowest BCUT2D eigenvalue weighted by Crippen LogP contribution is -2.58. The molecular formula is C61H55BrN2O8. The molecule has 11 heteroatoms. The summed E-state index contributed by atoms with van der Waals surface area (Å²) < 4.78 is 43.4. The molecule has 364 valence electrons. The monoisotopic (exact) mass is 1020 g/mol. The van der Waals surface area contributed by atoms with Gasteiger partial charge in [-0.05, 0) is 80.4 Å². The van der Waals surface area contributed by atoms with Gasteiger partial charge in [0, 0.05) is 17.1 Å². The number of hydrogen-bond acceptors (Lipinski definition) is 8. The molecule has 2 aliphatic heterocycles. The fraction of sp³-hybridized carbons (Fsp3) is 0.213. The van der Waals surface area contributed by atoms with Crippen molar-refractivity contribution in [3.8, 4) is 5.75 Å². The van der Waals surface area contributed by atoms with E-state index in [0.717, 1.165) is 38.2 Å². The van der Waals surface area contributed by atoms with Crippen molar-refractivity contribution in [1.29, 1.82) is 0 Å². The number of carbonyl (C=O) groups is 2. The molecule has 0 aliphatic carbocycles. The van der Waals surface area contributed by atoms with Crippen molar-refractivity contribution in [2.75, 3.05) is 6.73 Å². The van der Waals surface area contributed by atoms with Crippen LogP contribution in [-0.2, 0) is 72.7 Å². The number of aryl methyl sites for hydroxylation is 1. The summed E-state index contributed by atoms with van der Waals surface area (Å²) in [4.78, 5) is 29.9. The van der Waals surface area contributed by atoms with Crippen LogP contribution in [0.2, 0.25) is 0 Å².